The van der Waals surface area contributed by atoms with E-state index in [0.717, 1.165) is 12.0 Å². The molecule has 0 spiro atoms. The van der Waals surface area contributed by atoms with Gasteiger partial charge in [-0.15, -0.1) is 0 Å². The lowest BCUT2D eigenvalue weighted by Gasteiger charge is -2.13. The smallest absolute Gasteiger partial charge is 0.270 e. The van der Waals surface area contributed by atoms with Gasteiger partial charge in [-0.3, -0.25) is 9.78 Å². The second kappa shape index (κ2) is 6.34. The molecule has 19 heavy (non-hydrogen) atoms. The van der Waals surface area contributed by atoms with Gasteiger partial charge in [-0.05, 0) is 43.2 Å². The van der Waals surface area contributed by atoms with E-state index >= 15 is 0 Å². The fraction of sp³-hybridized carbons (Fsp3) is 0.200. The van der Waals surface area contributed by atoms with Crippen LogP contribution in [0.2, 0.25) is 5.02 Å². The van der Waals surface area contributed by atoms with E-state index in [4.69, 9.17) is 11.6 Å². The number of nitrogens with zero attached hydrogens (tertiary/aromatic N) is 1. The van der Waals surface area contributed by atoms with Crippen molar-refractivity contribution in [1.82, 2.24) is 10.3 Å². The van der Waals surface area contributed by atoms with Crippen molar-refractivity contribution in [2.24, 2.45) is 0 Å². The van der Waals surface area contributed by atoms with Crippen molar-refractivity contribution < 1.29 is 4.79 Å². The number of benzene rings is 1. The highest BCUT2D eigenvalue weighted by atomic mass is 35.5. The van der Waals surface area contributed by atoms with Gasteiger partial charge in [-0.25, -0.2) is 0 Å². The second-order valence-corrected chi connectivity index (χ2v) is 4.86. The van der Waals surface area contributed by atoms with Crippen LogP contribution in [0.1, 0.15) is 23.0 Å². The van der Waals surface area contributed by atoms with Gasteiger partial charge < -0.3 is 5.32 Å². The zero-order valence-electron chi connectivity index (χ0n) is 10.6. The molecule has 0 saturated heterocycles. The van der Waals surface area contributed by atoms with Crippen molar-refractivity contribution in [3.8, 4) is 0 Å². The Morgan fingerprint density at radius 3 is 2.84 bits per heavy atom. The first-order chi connectivity index (χ1) is 9.15. The molecule has 0 fully saturated rings. The maximum atomic E-state index is 11.9. The molecule has 1 atom stereocenters. The van der Waals surface area contributed by atoms with Crippen LogP contribution in [0.15, 0.2) is 48.7 Å². The largest absolute Gasteiger partial charge is 0.348 e. The molecule has 2 aromatic rings. The maximum Gasteiger partial charge on any atom is 0.270 e. The normalized spacial score (nSPS) is 11.9. The fourth-order valence-corrected chi connectivity index (χ4v) is 2.08. The Morgan fingerprint density at radius 2 is 2.16 bits per heavy atom. The van der Waals surface area contributed by atoms with Gasteiger partial charge in [0, 0.05) is 17.3 Å². The van der Waals surface area contributed by atoms with E-state index in [0.29, 0.717) is 10.7 Å². The van der Waals surface area contributed by atoms with Crippen LogP contribution in [-0.2, 0) is 6.42 Å². The van der Waals surface area contributed by atoms with E-state index < -0.39 is 0 Å². The quantitative estimate of drug-likeness (QED) is 0.931. The first-order valence-corrected chi connectivity index (χ1v) is 6.49. The predicted octanol–water partition coefficient (Wildman–Crippen LogP) is 3.10. The zero-order valence-corrected chi connectivity index (χ0v) is 11.4. The van der Waals surface area contributed by atoms with Gasteiger partial charge in [-0.1, -0.05) is 29.8 Å². The van der Waals surface area contributed by atoms with Crippen LogP contribution in [-0.4, -0.2) is 16.9 Å². The SMILES string of the molecule is CC(Cc1cccc(Cl)c1)NC(=O)c1ccccn1. The summed E-state index contributed by atoms with van der Waals surface area (Å²) in [6.45, 7) is 1.96. The lowest BCUT2D eigenvalue weighted by atomic mass is 10.1. The van der Waals surface area contributed by atoms with Crippen LogP contribution in [0.5, 0.6) is 0 Å². The minimum absolute atomic E-state index is 0.0213. The number of rotatable bonds is 4. The maximum absolute atomic E-state index is 11.9. The minimum Gasteiger partial charge on any atom is -0.348 e. The van der Waals surface area contributed by atoms with Gasteiger partial charge in [0.15, 0.2) is 0 Å². The molecule has 1 heterocycles. The third-order valence-corrected chi connectivity index (χ3v) is 2.94. The molecule has 0 aliphatic rings. The van der Waals surface area contributed by atoms with E-state index in [1.54, 1.807) is 24.4 Å². The molecule has 0 bridgehead atoms. The summed E-state index contributed by atoms with van der Waals surface area (Å²) in [6, 6.07) is 12.9. The lowest BCUT2D eigenvalue weighted by molar-refractivity contribution is 0.0935. The zero-order chi connectivity index (χ0) is 13.7. The van der Waals surface area contributed by atoms with Crippen molar-refractivity contribution >= 4 is 17.5 Å². The summed E-state index contributed by atoms with van der Waals surface area (Å²) in [5.74, 6) is -0.157. The molecule has 3 nitrogen and oxygen atoms in total. The van der Waals surface area contributed by atoms with Crippen molar-refractivity contribution in [2.75, 3.05) is 0 Å². The van der Waals surface area contributed by atoms with Crippen molar-refractivity contribution in [3.63, 3.8) is 0 Å². The van der Waals surface area contributed by atoms with Crippen LogP contribution in [0.3, 0.4) is 0 Å². The molecule has 2 rings (SSSR count). The molecular weight excluding hydrogens is 260 g/mol. The monoisotopic (exact) mass is 274 g/mol. The van der Waals surface area contributed by atoms with E-state index in [-0.39, 0.29) is 11.9 Å². The van der Waals surface area contributed by atoms with Crippen molar-refractivity contribution in [1.29, 1.82) is 0 Å². The number of aromatic nitrogens is 1. The molecule has 0 aliphatic carbocycles. The van der Waals surface area contributed by atoms with Gasteiger partial charge in [0.05, 0.1) is 0 Å². The van der Waals surface area contributed by atoms with Crippen molar-refractivity contribution in [3.05, 3.63) is 64.9 Å². The number of carbonyl (C=O) groups excluding carboxylic acids is 1. The van der Waals surface area contributed by atoms with Gasteiger partial charge in [0.25, 0.3) is 5.91 Å². The van der Waals surface area contributed by atoms with Crippen LogP contribution in [0.25, 0.3) is 0 Å². The van der Waals surface area contributed by atoms with E-state index in [2.05, 4.69) is 10.3 Å². The summed E-state index contributed by atoms with van der Waals surface area (Å²) in [5, 5.41) is 3.63. The Hall–Kier alpha value is -1.87. The average Bonchev–Trinajstić information content (AvgIpc) is 2.39. The summed E-state index contributed by atoms with van der Waals surface area (Å²) in [4.78, 5) is 15.9. The number of hydrogen-bond acceptors (Lipinski definition) is 2. The van der Waals surface area contributed by atoms with Crippen LogP contribution < -0.4 is 5.32 Å². The highest BCUT2D eigenvalue weighted by molar-refractivity contribution is 6.30. The first kappa shape index (κ1) is 13.6. The number of nitrogens with one attached hydrogen (secondary N) is 1. The molecule has 0 saturated carbocycles. The highest BCUT2D eigenvalue weighted by Gasteiger charge is 2.10. The molecule has 0 radical (unpaired) electrons. The van der Waals surface area contributed by atoms with E-state index in [9.17, 15) is 4.79 Å². The first-order valence-electron chi connectivity index (χ1n) is 6.11. The fourth-order valence-electron chi connectivity index (χ4n) is 1.86. The van der Waals surface area contributed by atoms with Crippen LogP contribution in [0, 0.1) is 0 Å². The number of hydrogen-bond donors (Lipinski definition) is 1. The topological polar surface area (TPSA) is 42.0 Å². The Bertz CT molecular complexity index is 557. The molecule has 1 amide bonds. The molecule has 1 aromatic carbocycles. The number of pyridine rings is 1. The Balaban J connectivity index is 1.95. The highest BCUT2D eigenvalue weighted by Crippen LogP contribution is 2.12. The molecule has 98 valence electrons. The number of halogens is 1. The predicted molar refractivity (Wildman–Crippen MR) is 76.3 cm³/mol. The van der Waals surface area contributed by atoms with Crippen LogP contribution in [0.4, 0.5) is 0 Å². The number of carbonyl (C=O) groups is 1. The van der Waals surface area contributed by atoms with E-state index in [1.165, 1.54) is 0 Å². The second-order valence-electron chi connectivity index (χ2n) is 4.42. The van der Waals surface area contributed by atoms with Gasteiger partial charge in [0.1, 0.15) is 5.69 Å². The molecule has 1 N–H and O–H groups in total. The minimum atomic E-state index is -0.157. The molecule has 1 aromatic heterocycles. The van der Waals surface area contributed by atoms with E-state index in [1.807, 2.05) is 31.2 Å². The molecule has 0 aliphatic heterocycles. The summed E-state index contributed by atoms with van der Waals surface area (Å²) < 4.78 is 0. The number of amides is 1. The van der Waals surface area contributed by atoms with Gasteiger partial charge >= 0.3 is 0 Å². The molecular formula is C15H15ClN2O. The third-order valence-electron chi connectivity index (χ3n) is 2.71. The van der Waals surface area contributed by atoms with Crippen molar-refractivity contribution in [2.45, 2.75) is 19.4 Å². The van der Waals surface area contributed by atoms with Gasteiger partial charge in [0.2, 0.25) is 0 Å². The standard InChI is InChI=1S/C15H15ClN2O/c1-11(9-12-5-4-6-13(16)10-12)18-15(19)14-7-2-3-8-17-14/h2-8,10-11H,9H2,1H3,(H,18,19). The summed E-state index contributed by atoms with van der Waals surface area (Å²) in [6.07, 6.45) is 2.34. The summed E-state index contributed by atoms with van der Waals surface area (Å²) in [7, 11) is 0. The van der Waals surface area contributed by atoms with Gasteiger partial charge in [-0.2, -0.15) is 0 Å². The lowest BCUT2D eigenvalue weighted by Crippen LogP contribution is -2.34. The molecule has 4 heteroatoms. The molecule has 1 unspecified atom stereocenters. The average molecular weight is 275 g/mol. The van der Waals surface area contributed by atoms with Crippen LogP contribution >= 0.6 is 11.6 Å². The third kappa shape index (κ3) is 4.07. The summed E-state index contributed by atoms with van der Waals surface area (Å²) in [5.41, 5.74) is 1.53. The Labute approximate surface area is 117 Å². The summed E-state index contributed by atoms with van der Waals surface area (Å²) >= 11 is 5.93. The Morgan fingerprint density at radius 1 is 1.32 bits per heavy atom. The Kier molecular flexibility index (Phi) is 4.53.